The van der Waals surface area contributed by atoms with E-state index < -0.39 is 7.60 Å². The Morgan fingerprint density at radius 3 is 1.10 bits per heavy atom. The van der Waals surface area contributed by atoms with E-state index in [1.54, 1.807) is 0 Å². The molecule has 0 saturated heterocycles. The molecule has 0 unspecified atom stereocenters. The number of nitrogens with zero attached hydrogens (tertiary/aromatic N) is 2. The van der Waals surface area contributed by atoms with Crippen LogP contribution in [-0.2, 0) is 13.6 Å². The highest BCUT2D eigenvalue weighted by Crippen LogP contribution is 2.48. The maximum absolute atomic E-state index is 13.7. The normalized spacial score (nSPS) is 12.6. The summed E-state index contributed by atoms with van der Waals surface area (Å²) in [5, 5.41) is 0. The zero-order chi connectivity index (χ0) is 30.5. The van der Waals surface area contributed by atoms with Crippen LogP contribution in [0.25, 0.3) is 0 Å². The fraction of sp³-hybridized carbons (Fsp3) is 1.00. The standard InChI is InChI=1S/C35H76N2O3P/c1-7-9-11-13-15-17-19-21-23-25-27-29-33-39-41(38,35-36(3)31-32-37(4,5)6)40-34-30-28-26-24-22-20-18-16-14-12-10-8-2/h7-35H2,1-6H3/q+1. The highest BCUT2D eigenvalue weighted by molar-refractivity contribution is 7.53. The largest absolute Gasteiger partial charge is 0.344 e. The van der Waals surface area contributed by atoms with E-state index in [2.05, 4.69) is 39.9 Å². The van der Waals surface area contributed by atoms with Gasteiger partial charge in [0.15, 0.2) is 0 Å². The summed E-state index contributed by atoms with van der Waals surface area (Å²) in [5.41, 5.74) is 0. The lowest BCUT2D eigenvalue weighted by atomic mass is 10.1. The van der Waals surface area contributed by atoms with E-state index in [-0.39, 0.29) is 0 Å². The molecule has 0 heterocycles. The topological polar surface area (TPSA) is 38.8 Å². The van der Waals surface area contributed by atoms with E-state index in [1.165, 1.54) is 128 Å². The average Bonchev–Trinajstić information content (AvgIpc) is 2.92. The average molecular weight is 604 g/mol. The molecule has 0 aliphatic rings. The molecule has 5 nitrogen and oxygen atoms in total. The molecular weight excluding hydrogens is 527 g/mol. The molecule has 0 radical (unpaired) electrons. The summed E-state index contributed by atoms with van der Waals surface area (Å²) in [6.45, 7) is 7.56. The second kappa shape index (κ2) is 28.8. The van der Waals surface area contributed by atoms with Crippen LogP contribution in [0.3, 0.4) is 0 Å². The van der Waals surface area contributed by atoms with Crippen LogP contribution in [-0.4, -0.2) is 70.2 Å². The van der Waals surface area contributed by atoms with Crippen LogP contribution >= 0.6 is 7.60 Å². The van der Waals surface area contributed by atoms with E-state index >= 15 is 0 Å². The molecule has 0 aromatic carbocycles. The van der Waals surface area contributed by atoms with Crippen LogP contribution in [0, 0.1) is 0 Å². The van der Waals surface area contributed by atoms with Gasteiger partial charge in [-0.15, -0.1) is 0 Å². The minimum Gasteiger partial charge on any atom is -0.330 e. The molecule has 0 aliphatic carbocycles. The number of unbranched alkanes of at least 4 members (excludes halogenated alkanes) is 22. The Labute approximate surface area is 259 Å². The first-order chi connectivity index (χ1) is 19.7. The van der Waals surface area contributed by atoms with Gasteiger partial charge in [-0.05, 0) is 19.9 Å². The van der Waals surface area contributed by atoms with Gasteiger partial charge in [-0.25, -0.2) is 0 Å². The van der Waals surface area contributed by atoms with Gasteiger partial charge in [-0.1, -0.05) is 155 Å². The third kappa shape index (κ3) is 31.3. The predicted octanol–water partition coefficient (Wildman–Crippen LogP) is 11.2. The Hall–Kier alpha value is 0.0700. The molecular formula is C35H76N2O3P+. The third-order valence-electron chi connectivity index (χ3n) is 8.14. The highest BCUT2D eigenvalue weighted by atomic mass is 31.2. The summed E-state index contributed by atoms with van der Waals surface area (Å²) in [4.78, 5) is 2.13. The van der Waals surface area contributed by atoms with Gasteiger partial charge in [0.05, 0.1) is 40.9 Å². The Morgan fingerprint density at radius 1 is 0.512 bits per heavy atom. The van der Waals surface area contributed by atoms with E-state index in [4.69, 9.17) is 9.05 Å². The Morgan fingerprint density at radius 2 is 0.805 bits per heavy atom. The molecule has 0 atom stereocenters. The molecule has 0 aromatic rings. The molecule has 0 bridgehead atoms. The van der Waals surface area contributed by atoms with Crippen molar-refractivity contribution >= 4 is 7.60 Å². The number of hydrogen-bond donors (Lipinski definition) is 0. The lowest BCUT2D eigenvalue weighted by Gasteiger charge is -2.28. The van der Waals surface area contributed by atoms with E-state index in [1.807, 2.05) is 7.05 Å². The van der Waals surface area contributed by atoms with Crippen molar-refractivity contribution in [3.63, 3.8) is 0 Å². The second-order valence-electron chi connectivity index (χ2n) is 13.8. The number of quaternary nitrogens is 1. The van der Waals surface area contributed by atoms with E-state index in [0.717, 1.165) is 43.3 Å². The predicted molar refractivity (Wildman–Crippen MR) is 182 cm³/mol. The monoisotopic (exact) mass is 604 g/mol. The zero-order valence-electron chi connectivity index (χ0n) is 29.1. The van der Waals surface area contributed by atoms with Gasteiger partial charge in [-0.2, -0.15) is 0 Å². The van der Waals surface area contributed by atoms with Gasteiger partial charge in [0.2, 0.25) is 0 Å². The summed E-state index contributed by atoms with van der Waals surface area (Å²) >= 11 is 0. The fourth-order valence-corrected chi connectivity index (χ4v) is 7.03. The maximum Gasteiger partial charge on any atom is 0.344 e. The summed E-state index contributed by atoms with van der Waals surface area (Å²) in [5.74, 6) is 0. The quantitative estimate of drug-likeness (QED) is 0.0425. The van der Waals surface area contributed by atoms with Gasteiger partial charge in [0.1, 0.15) is 6.29 Å². The van der Waals surface area contributed by atoms with E-state index in [9.17, 15) is 4.57 Å². The number of rotatable bonds is 33. The fourth-order valence-electron chi connectivity index (χ4n) is 5.25. The summed E-state index contributed by atoms with van der Waals surface area (Å²) in [6.07, 6.45) is 32.0. The van der Waals surface area contributed by atoms with Crippen molar-refractivity contribution in [1.82, 2.24) is 4.90 Å². The van der Waals surface area contributed by atoms with Crippen LogP contribution in [0.1, 0.15) is 168 Å². The molecule has 0 saturated carbocycles. The van der Waals surface area contributed by atoms with Gasteiger partial charge in [-0.3, -0.25) is 9.46 Å². The third-order valence-corrected chi connectivity index (χ3v) is 10.1. The van der Waals surface area contributed by atoms with Gasteiger partial charge < -0.3 is 13.5 Å². The van der Waals surface area contributed by atoms with Crippen molar-refractivity contribution in [2.75, 3.05) is 60.8 Å². The van der Waals surface area contributed by atoms with Crippen molar-refractivity contribution in [2.24, 2.45) is 0 Å². The smallest absolute Gasteiger partial charge is 0.330 e. The van der Waals surface area contributed by atoms with Crippen LogP contribution in [0.2, 0.25) is 0 Å². The molecule has 248 valence electrons. The van der Waals surface area contributed by atoms with Gasteiger partial charge in [0.25, 0.3) is 0 Å². The van der Waals surface area contributed by atoms with Crippen LogP contribution < -0.4 is 0 Å². The molecule has 0 aliphatic heterocycles. The summed E-state index contributed by atoms with van der Waals surface area (Å²) < 4.78 is 26.6. The van der Waals surface area contributed by atoms with Crippen LogP contribution in [0.5, 0.6) is 0 Å². The first-order valence-corrected chi connectivity index (χ1v) is 19.8. The van der Waals surface area contributed by atoms with Crippen molar-refractivity contribution < 1.29 is 18.1 Å². The van der Waals surface area contributed by atoms with Crippen LogP contribution in [0.15, 0.2) is 0 Å². The minimum absolute atomic E-state index is 0.392. The number of hydrogen-bond acceptors (Lipinski definition) is 4. The highest BCUT2D eigenvalue weighted by Gasteiger charge is 2.27. The van der Waals surface area contributed by atoms with Crippen molar-refractivity contribution in [3.8, 4) is 0 Å². The maximum atomic E-state index is 13.7. The van der Waals surface area contributed by atoms with Crippen LogP contribution in [0.4, 0.5) is 0 Å². The Balaban J connectivity index is 4.13. The molecule has 0 N–H and O–H groups in total. The molecule has 41 heavy (non-hydrogen) atoms. The lowest BCUT2D eigenvalue weighted by molar-refractivity contribution is -0.869. The molecule has 6 heteroatoms. The summed E-state index contributed by atoms with van der Waals surface area (Å²) in [6, 6.07) is 0. The first-order valence-electron chi connectivity index (χ1n) is 18.1. The SMILES string of the molecule is CCCCCCCCCCCCCCOP(=O)(CN(C)CC[N+](C)(C)C)OCCCCCCCCCCCCCC. The molecule has 0 aromatic heterocycles. The zero-order valence-corrected chi connectivity index (χ0v) is 30.0. The van der Waals surface area contributed by atoms with E-state index in [0.29, 0.717) is 19.5 Å². The Kier molecular flexibility index (Phi) is 28.9. The first kappa shape index (κ1) is 41.1. The molecule has 0 fully saturated rings. The molecule has 0 amide bonds. The Bertz CT molecular complexity index is 548. The molecule has 0 spiro atoms. The number of likely N-dealkylation sites (N-methyl/N-ethyl adjacent to an activating group) is 2. The van der Waals surface area contributed by atoms with Crippen molar-refractivity contribution in [1.29, 1.82) is 0 Å². The van der Waals surface area contributed by atoms with Crippen molar-refractivity contribution in [2.45, 2.75) is 168 Å². The summed E-state index contributed by atoms with van der Waals surface area (Å²) in [7, 11) is 5.53. The molecule has 0 rings (SSSR count). The minimum atomic E-state index is -3.10. The van der Waals surface area contributed by atoms with Crippen molar-refractivity contribution in [3.05, 3.63) is 0 Å². The second-order valence-corrected chi connectivity index (χ2v) is 15.8. The van der Waals surface area contributed by atoms with Gasteiger partial charge >= 0.3 is 7.60 Å². The lowest BCUT2D eigenvalue weighted by Crippen LogP contribution is -2.41. The van der Waals surface area contributed by atoms with Gasteiger partial charge in [0, 0.05) is 6.54 Å².